The summed E-state index contributed by atoms with van der Waals surface area (Å²) < 4.78 is 0. The molecule has 1 heterocycles. The lowest BCUT2D eigenvalue weighted by Crippen LogP contribution is -1.96. The molecular weight excluding hydrogens is 252 g/mol. The largest absolute Gasteiger partial charge is 0.398 e. The highest BCUT2D eigenvalue weighted by Gasteiger charge is 2.09. The van der Waals surface area contributed by atoms with E-state index < -0.39 is 4.92 Å². The molecule has 2 rings (SSSR count). The first-order chi connectivity index (χ1) is 8.66. The maximum Gasteiger partial charge on any atom is 0.269 e. The molecule has 92 valence electrons. The van der Waals surface area contributed by atoms with Crippen molar-refractivity contribution in [2.45, 2.75) is 10.8 Å². The molecule has 2 N–H and O–H groups in total. The van der Waals surface area contributed by atoms with E-state index in [9.17, 15) is 10.1 Å². The molecule has 18 heavy (non-hydrogen) atoms. The second-order valence-corrected chi connectivity index (χ2v) is 4.47. The Balaban J connectivity index is 2.14. The molecule has 0 radical (unpaired) electrons. The third-order valence-electron chi connectivity index (χ3n) is 2.25. The van der Waals surface area contributed by atoms with E-state index in [2.05, 4.69) is 9.97 Å². The third-order valence-corrected chi connectivity index (χ3v) is 3.21. The smallest absolute Gasteiger partial charge is 0.269 e. The van der Waals surface area contributed by atoms with E-state index >= 15 is 0 Å². The Morgan fingerprint density at radius 2 is 2.22 bits per heavy atom. The molecule has 2 aromatic rings. The number of nitro benzene ring substituents is 1. The molecule has 6 nitrogen and oxygen atoms in total. The van der Waals surface area contributed by atoms with Gasteiger partial charge in [-0.05, 0) is 11.6 Å². The van der Waals surface area contributed by atoms with E-state index in [4.69, 9.17) is 5.73 Å². The van der Waals surface area contributed by atoms with Gasteiger partial charge in [-0.2, -0.15) is 0 Å². The van der Waals surface area contributed by atoms with Gasteiger partial charge >= 0.3 is 0 Å². The zero-order valence-corrected chi connectivity index (χ0v) is 10.1. The van der Waals surface area contributed by atoms with Gasteiger partial charge in [-0.3, -0.25) is 15.1 Å². The van der Waals surface area contributed by atoms with Crippen LogP contribution in [-0.4, -0.2) is 14.9 Å². The van der Waals surface area contributed by atoms with Gasteiger partial charge in [-0.1, -0.05) is 0 Å². The SMILES string of the molecule is Nc1ccc([N+](=O)[O-])cc1CSc1cnccn1. The summed E-state index contributed by atoms with van der Waals surface area (Å²) in [7, 11) is 0. The van der Waals surface area contributed by atoms with E-state index in [1.165, 1.54) is 23.9 Å². The predicted octanol–water partition coefficient (Wildman–Crippen LogP) is 2.26. The molecule has 0 saturated heterocycles. The highest BCUT2D eigenvalue weighted by molar-refractivity contribution is 7.98. The minimum absolute atomic E-state index is 0.0407. The number of rotatable bonds is 4. The first-order valence-corrected chi connectivity index (χ1v) is 6.07. The minimum atomic E-state index is -0.435. The topological polar surface area (TPSA) is 94.9 Å². The van der Waals surface area contributed by atoms with Gasteiger partial charge in [-0.15, -0.1) is 11.8 Å². The summed E-state index contributed by atoms with van der Waals surface area (Å²) in [5.74, 6) is 0.520. The average Bonchev–Trinajstić information content (AvgIpc) is 2.38. The number of nitrogens with two attached hydrogens (primary N) is 1. The van der Waals surface area contributed by atoms with Crippen LogP contribution >= 0.6 is 11.8 Å². The van der Waals surface area contributed by atoms with Gasteiger partial charge in [0.25, 0.3) is 5.69 Å². The van der Waals surface area contributed by atoms with Crippen molar-refractivity contribution in [1.82, 2.24) is 9.97 Å². The summed E-state index contributed by atoms with van der Waals surface area (Å²) in [4.78, 5) is 18.3. The molecule has 0 unspecified atom stereocenters. The fourth-order valence-corrected chi connectivity index (χ4v) is 2.17. The second-order valence-electron chi connectivity index (χ2n) is 3.47. The van der Waals surface area contributed by atoms with Gasteiger partial charge in [0.05, 0.1) is 11.1 Å². The van der Waals surface area contributed by atoms with Crippen LogP contribution in [0.15, 0.2) is 41.8 Å². The van der Waals surface area contributed by atoms with E-state index in [-0.39, 0.29) is 5.69 Å². The van der Waals surface area contributed by atoms with E-state index in [1.807, 2.05) is 0 Å². The quantitative estimate of drug-likeness (QED) is 0.393. The Morgan fingerprint density at radius 1 is 1.39 bits per heavy atom. The van der Waals surface area contributed by atoms with Crippen molar-refractivity contribution in [2.24, 2.45) is 0 Å². The normalized spacial score (nSPS) is 10.2. The van der Waals surface area contributed by atoms with Crippen molar-refractivity contribution >= 4 is 23.1 Å². The maximum absolute atomic E-state index is 10.7. The Bertz CT molecular complexity index is 562. The first kappa shape index (κ1) is 12.3. The number of nitro groups is 1. The summed E-state index contributed by atoms with van der Waals surface area (Å²) in [5.41, 5.74) is 7.08. The van der Waals surface area contributed by atoms with Gasteiger partial charge < -0.3 is 5.73 Å². The van der Waals surface area contributed by atoms with Crippen molar-refractivity contribution in [2.75, 3.05) is 5.73 Å². The monoisotopic (exact) mass is 262 g/mol. The van der Waals surface area contributed by atoms with Crippen LogP contribution in [0.3, 0.4) is 0 Å². The van der Waals surface area contributed by atoms with E-state index in [0.29, 0.717) is 11.4 Å². The number of thioether (sulfide) groups is 1. The summed E-state index contributed by atoms with van der Waals surface area (Å²) in [6, 6.07) is 4.43. The number of nitrogen functional groups attached to an aromatic ring is 1. The number of aromatic nitrogens is 2. The fraction of sp³-hybridized carbons (Fsp3) is 0.0909. The van der Waals surface area contributed by atoms with Crippen LogP contribution in [0.1, 0.15) is 5.56 Å². The molecule has 0 aliphatic carbocycles. The zero-order chi connectivity index (χ0) is 13.0. The Labute approximate surface area is 107 Å². The van der Waals surface area contributed by atoms with Crippen molar-refractivity contribution in [3.8, 4) is 0 Å². The number of nitrogens with zero attached hydrogens (tertiary/aromatic N) is 3. The number of anilines is 1. The van der Waals surface area contributed by atoms with E-state index in [0.717, 1.165) is 10.6 Å². The van der Waals surface area contributed by atoms with Crippen LogP contribution in [0, 0.1) is 10.1 Å². The van der Waals surface area contributed by atoms with Crippen LogP contribution in [-0.2, 0) is 5.75 Å². The van der Waals surface area contributed by atoms with Gasteiger partial charge in [-0.25, -0.2) is 4.98 Å². The molecule has 0 bridgehead atoms. The molecule has 0 atom stereocenters. The predicted molar refractivity (Wildman–Crippen MR) is 69.1 cm³/mol. The third kappa shape index (κ3) is 2.95. The Morgan fingerprint density at radius 3 is 2.89 bits per heavy atom. The average molecular weight is 262 g/mol. The molecular formula is C11H10N4O2S. The molecule has 0 spiro atoms. The van der Waals surface area contributed by atoms with Gasteiger partial charge in [0, 0.05) is 36.0 Å². The highest BCUT2D eigenvalue weighted by Crippen LogP contribution is 2.26. The summed E-state index contributed by atoms with van der Waals surface area (Å²) in [5, 5.41) is 11.4. The molecule has 1 aromatic carbocycles. The summed E-state index contributed by atoms with van der Waals surface area (Å²) in [6.45, 7) is 0. The van der Waals surface area contributed by atoms with E-state index in [1.54, 1.807) is 24.7 Å². The fourth-order valence-electron chi connectivity index (χ4n) is 1.34. The lowest BCUT2D eigenvalue weighted by Gasteiger charge is -2.04. The minimum Gasteiger partial charge on any atom is -0.398 e. The van der Waals surface area contributed by atoms with Crippen molar-refractivity contribution in [1.29, 1.82) is 0 Å². The van der Waals surface area contributed by atoms with Gasteiger partial charge in [0.2, 0.25) is 0 Å². The maximum atomic E-state index is 10.7. The molecule has 0 saturated carbocycles. The van der Waals surface area contributed by atoms with Crippen LogP contribution in [0.5, 0.6) is 0 Å². The molecule has 7 heteroatoms. The van der Waals surface area contributed by atoms with Crippen LogP contribution in [0.25, 0.3) is 0 Å². The number of hydrogen-bond acceptors (Lipinski definition) is 6. The first-order valence-electron chi connectivity index (χ1n) is 5.08. The van der Waals surface area contributed by atoms with Gasteiger partial charge in [0.1, 0.15) is 5.03 Å². The van der Waals surface area contributed by atoms with Crippen molar-refractivity contribution in [3.05, 3.63) is 52.5 Å². The number of benzene rings is 1. The summed E-state index contributed by atoms with van der Waals surface area (Å²) >= 11 is 1.43. The van der Waals surface area contributed by atoms with Crippen LogP contribution < -0.4 is 5.73 Å². The molecule has 1 aromatic heterocycles. The number of non-ortho nitro benzene ring substituents is 1. The Hall–Kier alpha value is -2.15. The molecule has 0 aliphatic rings. The van der Waals surface area contributed by atoms with Crippen LogP contribution in [0.2, 0.25) is 0 Å². The molecule has 0 aliphatic heterocycles. The second kappa shape index (κ2) is 5.46. The molecule has 0 amide bonds. The zero-order valence-electron chi connectivity index (χ0n) is 9.31. The summed E-state index contributed by atoms with van der Waals surface area (Å²) in [6.07, 6.45) is 4.82. The number of hydrogen-bond donors (Lipinski definition) is 1. The standard InChI is InChI=1S/C11H10N4O2S/c12-10-2-1-9(15(16)17)5-8(10)7-18-11-6-13-3-4-14-11/h1-6H,7,12H2. The van der Waals surface area contributed by atoms with Crippen LogP contribution in [0.4, 0.5) is 11.4 Å². The van der Waals surface area contributed by atoms with Crippen molar-refractivity contribution < 1.29 is 4.92 Å². The lowest BCUT2D eigenvalue weighted by molar-refractivity contribution is -0.384. The lowest BCUT2D eigenvalue weighted by atomic mass is 10.2. The Kier molecular flexibility index (Phi) is 3.73. The highest BCUT2D eigenvalue weighted by atomic mass is 32.2. The van der Waals surface area contributed by atoms with Crippen molar-refractivity contribution in [3.63, 3.8) is 0 Å². The van der Waals surface area contributed by atoms with Gasteiger partial charge in [0.15, 0.2) is 0 Å². The molecule has 0 fully saturated rings.